The maximum atomic E-state index is 12.6. The van der Waals surface area contributed by atoms with Crippen molar-refractivity contribution in [1.29, 1.82) is 0 Å². The van der Waals surface area contributed by atoms with Crippen molar-refractivity contribution in [2.45, 2.75) is 19.3 Å². The summed E-state index contributed by atoms with van der Waals surface area (Å²) in [5.41, 5.74) is 2.60. The Morgan fingerprint density at radius 2 is 1.65 bits per heavy atom. The molecular weight excluding hydrogens is 326 g/mol. The first-order valence-electron chi connectivity index (χ1n) is 9.74. The standard InChI is InChI=1S/C21H27N3O2/c25-20(16-22-12-14-24(15-13-22)21(26)19-6-7-19)23-10-8-18(9-11-23)17-4-2-1-3-5-17/h1-5,8,19H,6-7,9-16H2. The number of rotatable bonds is 4. The number of piperazine rings is 1. The number of amides is 2. The summed E-state index contributed by atoms with van der Waals surface area (Å²) in [6.07, 6.45) is 5.22. The lowest BCUT2D eigenvalue weighted by Crippen LogP contribution is -2.52. The highest BCUT2D eigenvalue weighted by Gasteiger charge is 2.34. The van der Waals surface area contributed by atoms with Gasteiger partial charge in [-0.15, -0.1) is 0 Å². The molecule has 1 aromatic rings. The molecule has 4 rings (SSSR count). The van der Waals surface area contributed by atoms with Crippen molar-refractivity contribution >= 4 is 17.4 Å². The quantitative estimate of drug-likeness (QED) is 0.830. The van der Waals surface area contributed by atoms with Gasteiger partial charge in [-0.05, 0) is 30.4 Å². The summed E-state index contributed by atoms with van der Waals surface area (Å²) < 4.78 is 0. The minimum Gasteiger partial charge on any atom is -0.340 e. The predicted octanol–water partition coefficient (Wildman–Crippen LogP) is 1.86. The molecule has 0 bridgehead atoms. The first-order chi connectivity index (χ1) is 12.7. The topological polar surface area (TPSA) is 43.9 Å². The van der Waals surface area contributed by atoms with Gasteiger partial charge in [0.15, 0.2) is 0 Å². The Hall–Kier alpha value is -2.14. The van der Waals surface area contributed by atoms with Crippen LogP contribution in [0, 0.1) is 5.92 Å². The SMILES string of the molecule is O=C(CN1CCN(C(=O)C2CC2)CC1)N1CC=C(c2ccccc2)CC1. The van der Waals surface area contributed by atoms with Crippen LogP contribution in [0.3, 0.4) is 0 Å². The number of nitrogens with zero attached hydrogens (tertiary/aromatic N) is 3. The molecule has 3 aliphatic rings. The lowest BCUT2D eigenvalue weighted by molar-refractivity contribution is -0.135. The molecule has 2 heterocycles. The van der Waals surface area contributed by atoms with E-state index in [1.807, 2.05) is 15.9 Å². The molecule has 0 aromatic heterocycles. The van der Waals surface area contributed by atoms with Gasteiger partial charge in [0.2, 0.25) is 11.8 Å². The van der Waals surface area contributed by atoms with E-state index in [9.17, 15) is 9.59 Å². The summed E-state index contributed by atoms with van der Waals surface area (Å²) in [5, 5.41) is 0. The van der Waals surface area contributed by atoms with Crippen molar-refractivity contribution in [3.63, 3.8) is 0 Å². The Labute approximate surface area is 155 Å². The highest BCUT2D eigenvalue weighted by Crippen LogP contribution is 2.31. The second-order valence-electron chi connectivity index (χ2n) is 7.56. The van der Waals surface area contributed by atoms with Crippen molar-refractivity contribution in [1.82, 2.24) is 14.7 Å². The molecule has 2 amide bonds. The van der Waals surface area contributed by atoms with Crippen LogP contribution in [0.2, 0.25) is 0 Å². The first-order valence-corrected chi connectivity index (χ1v) is 9.74. The van der Waals surface area contributed by atoms with E-state index in [2.05, 4.69) is 35.2 Å². The Morgan fingerprint density at radius 1 is 0.923 bits per heavy atom. The van der Waals surface area contributed by atoms with E-state index in [1.165, 1.54) is 11.1 Å². The van der Waals surface area contributed by atoms with Gasteiger partial charge < -0.3 is 9.80 Å². The molecule has 0 spiro atoms. The number of carbonyl (C=O) groups is 2. The van der Waals surface area contributed by atoms with Crippen molar-refractivity contribution in [3.8, 4) is 0 Å². The summed E-state index contributed by atoms with van der Waals surface area (Å²) in [5.74, 6) is 0.822. The van der Waals surface area contributed by atoms with E-state index in [4.69, 9.17) is 0 Å². The molecule has 0 unspecified atom stereocenters. The molecule has 1 aromatic carbocycles. The smallest absolute Gasteiger partial charge is 0.237 e. The summed E-state index contributed by atoms with van der Waals surface area (Å²) >= 11 is 0. The molecule has 2 fully saturated rings. The maximum absolute atomic E-state index is 12.6. The lowest BCUT2D eigenvalue weighted by atomic mass is 9.99. The van der Waals surface area contributed by atoms with Crippen molar-refractivity contribution in [3.05, 3.63) is 42.0 Å². The lowest BCUT2D eigenvalue weighted by Gasteiger charge is -2.36. The molecule has 0 N–H and O–H groups in total. The predicted molar refractivity (Wildman–Crippen MR) is 101 cm³/mol. The Balaban J connectivity index is 1.24. The molecule has 138 valence electrons. The molecule has 1 saturated heterocycles. The molecule has 0 atom stereocenters. The zero-order valence-electron chi connectivity index (χ0n) is 15.3. The first kappa shape index (κ1) is 17.3. The number of carbonyl (C=O) groups excluding carboxylic acids is 2. The van der Waals surface area contributed by atoms with Crippen LogP contribution in [0.25, 0.3) is 5.57 Å². The fourth-order valence-electron chi connectivity index (χ4n) is 3.82. The minimum atomic E-state index is 0.204. The number of hydrogen-bond donors (Lipinski definition) is 0. The van der Waals surface area contributed by atoms with Crippen LogP contribution >= 0.6 is 0 Å². The molecule has 5 heteroatoms. The van der Waals surface area contributed by atoms with E-state index < -0.39 is 0 Å². The van der Waals surface area contributed by atoms with Crippen LogP contribution in [0.1, 0.15) is 24.8 Å². The van der Waals surface area contributed by atoms with Crippen LogP contribution in [0.15, 0.2) is 36.4 Å². The third kappa shape index (κ3) is 3.98. The maximum Gasteiger partial charge on any atom is 0.237 e. The van der Waals surface area contributed by atoms with Crippen molar-refractivity contribution in [2.24, 2.45) is 5.92 Å². The number of hydrogen-bond acceptors (Lipinski definition) is 3. The van der Waals surface area contributed by atoms with Crippen molar-refractivity contribution in [2.75, 3.05) is 45.8 Å². The van der Waals surface area contributed by atoms with Gasteiger partial charge in [0.05, 0.1) is 6.54 Å². The summed E-state index contributed by atoms with van der Waals surface area (Å²) in [6, 6.07) is 10.4. The molecule has 0 radical (unpaired) electrons. The van der Waals surface area contributed by atoms with Crippen LogP contribution in [0.4, 0.5) is 0 Å². The fraction of sp³-hybridized carbons (Fsp3) is 0.524. The molecule has 5 nitrogen and oxygen atoms in total. The van der Waals surface area contributed by atoms with E-state index in [0.29, 0.717) is 24.9 Å². The van der Waals surface area contributed by atoms with Crippen LogP contribution in [0.5, 0.6) is 0 Å². The minimum absolute atomic E-state index is 0.204. The zero-order chi connectivity index (χ0) is 17.9. The molecule has 1 aliphatic carbocycles. The van der Waals surface area contributed by atoms with Gasteiger partial charge in [-0.25, -0.2) is 0 Å². The monoisotopic (exact) mass is 353 g/mol. The summed E-state index contributed by atoms with van der Waals surface area (Å²) in [4.78, 5) is 30.9. The Kier molecular flexibility index (Phi) is 5.07. The summed E-state index contributed by atoms with van der Waals surface area (Å²) in [7, 11) is 0. The van der Waals surface area contributed by atoms with Gasteiger partial charge >= 0.3 is 0 Å². The zero-order valence-corrected chi connectivity index (χ0v) is 15.3. The van der Waals surface area contributed by atoms with E-state index >= 15 is 0 Å². The van der Waals surface area contributed by atoms with Crippen LogP contribution < -0.4 is 0 Å². The highest BCUT2D eigenvalue weighted by molar-refractivity contribution is 5.81. The Morgan fingerprint density at radius 3 is 2.27 bits per heavy atom. The second kappa shape index (κ2) is 7.62. The van der Waals surface area contributed by atoms with Crippen LogP contribution in [-0.2, 0) is 9.59 Å². The fourth-order valence-corrected chi connectivity index (χ4v) is 3.82. The van der Waals surface area contributed by atoms with Crippen LogP contribution in [-0.4, -0.2) is 72.3 Å². The normalized spacial score (nSPS) is 21.5. The molecule has 2 aliphatic heterocycles. The van der Waals surface area contributed by atoms with E-state index in [-0.39, 0.29) is 5.91 Å². The molecular formula is C21H27N3O2. The third-order valence-electron chi connectivity index (χ3n) is 5.68. The van der Waals surface area contributed by atoms with Gasteiger partial charge in [-0.1, -0.05) is 36.4 Å². The van der Waals surface area contributed by atoms with Gasteiger partial charge in [0, 0.05) is 45.2 Å². The van der Waals surface area contributed by atoms with Crippen molar-refractivity contribution < 1.29 is 9.59 Å². The highest BCUT2D eigenvalue weighted by atomic mass is 16.2. The average molecular weight is 353 g/mol. The molecule has 26 heavy (non-hydrogen) atoms. The second-order valence-corrected chi connectivity index (χ2v) is 7.56. The number of benzene rings is 1. The summed E-state index contributed by atoms with van der Waals surface area (Å²) in [6.45, 7) is 5.11. The third-order valence-corrected chi connectivity index (χ3v) is 5.68. The average Bonchev–Trinajstić information content (AvgIpc) is 3.54. The largest absolute Gasteiger partial charge is 0.340 e. The van der Waals surface area contributed by atoms with Gasteiger partial charge in [-0.3, -0.25) is 14.5 Å². The van der Waals surface area contributed by atoms with E-state index in [0.717, 1.165) is 52.0 Å². The molecule has 1 saturated carbocycles. The van der Waals surface area contributed by atoms with E-state index in [1.54, 1.807) is 0 Å². The Bertz CT molecular complexity index is 688. The van der Waals surface area contributed by atoms with Gasteiger partial charge in [-0.2, -0.15) is 0 Å². The van der Waals surface area contributed by atoms with Gasteiger partial charge in [0.1, 0.15) is 0 Å². The van der Waals surface area contributed by atoms with Gasteiger partial charge in [0.25, 0.3) is 0 Å².